The average molecular weight is 153 g/mol. The van der Waals surface area contributed by atoms with E-state index in [1.807, 2.05) is 11.8 Å². The highest BCUT2D eigenvalue weighted by Crippen LogP contribution is 2.40. The van der Waals surface area contributed by atoms with Crippen LogP contribution >= 0.6 is 0 Å². The van der Waals surface area contributed by atoms with Gasteiger partial charge in [0.2, 0.25) is 5.91 Å². The summed E-state index contributed by atoms with van der Waals surface area (Å²) in [5.41, 5.74) is -0.133. The van der Waals surface area contributed by atoms with Gasteiger partial charge in [0, 0.05) is 25.9 Å². The number of amides is 1. The smallest absolute Gasteiger partial charge is 0.219 e. The molecule has 0 atom stereocenters. The predicted molar refractivity (Wildman–Crippen MR) is 39.0 cm³/mol. The van der Waals surface area contributed by atoms with E-state index in [1.54, 1.807) is 6.92 Å². The van der Waals surface area contributed by atoms with Gasteiger partial charge in [-0.15, -0.1) is 0 Å². The lowest BCUT2D eigenvalue weighted by Gasteiger charge is -2.39. The minimum atomic E-state index is -0.133. The number of nitrogens with zero attached hydrogens (tertiary/aromatic N) is 3. The zero-order valence-electron chi connectivity index (χ0n) is 6.74. The molecule has 0 radical (unpaired) electrons. The molecule has 0 unspecified atom stereocenters. The van der Waals surface area contributed by atoms with Crippen LogP contribution in [0.3, 0.4) is 0 Å². The fourth-order valence-corrected chi connectivity index (χ4v) is 1.32. The molecule has 4 nitrogen and oxygen atoms in total. The Morgan fingerprint density at radius 1 is 1.55 bits per heavy atom. The molecule has 11 heavy (non-hydrogen) atoms. The van der Waals surface area contributed by atoms with Gasteiger partial charge in [0.05, 0.1) is 0 Å². The zero-order chi connectivity index (χ0) is 8.06. The Morgan fingerprint density at radius 2 is 2.09 bits per heavy atom. The maximum Gasteiger partial charge on any atom is 0.219 e. The SMILES string of the molecule is CC(=O)N1CC(C2(C)N=N2)C1. The van der Waals surface area contributed by atoms with Gasteiger partial charge in [-0.05, 0) is 6.92 Å². The normalized spacial score (nSPS) is 26.5. The lowest BCUT2D eigenvalue weighted by Crippen LogP contribution is -2.54. The van der Waals surface area contributed by atoms with Crippen LogP contribution in [0.2, 0.25) is 0 Å². The first-order chi connectivity index (χ1) is 5.12. The lowest BCUT2D eigenvalue weighted by molar-refractivity contribution is -0.135. The van der Waals surface area contributed by atoms with Crippen LogP contribution in [0.5, 0.6) is 0 Å². The monoisotopic (exact) mass is 153 g/mol. The molecule has 1 amide bonds. The molecule has 0 aromatic carbocycles. The van der Waals surface area contributed by atoms with Crippen LogP contribution in [0.15, 0.2) is 10.2 Å². The first-order valence-corrected chi connectivity index (χ1v) is 3.81. The molecule has 2 aliphatic rings. The quantitative estimate of drug-likeness (QED) is 0.545. The van der Waals surface area contributed by atoms with Gasteiger partial charge < -0.3 is 4.90 Å². The number of hydrogen-bond acceptors (Lipinski definition) is 3. The molecule has 1 fully saturated rings. The molecular formula is C7H11N3O. The van der Waals surface area contributed by atoms with E-state index in [2.05, 4.69) is 10.2 Å². The number of rotatable bonds is 1. The topological polar surface area (TPSA) is 45.0 Å². The van der Waals surface area contributed by atoms with Gasteiger partial charge in [0.25, 0.3) is 0 Å². The summed E-state index contributed by atoms with van der Waals surface area (Å²) in [6, 6.07) is 0. The summed E-state index contributed by atoms with van der Waals surface area (Å²) in [7, 11) is 0. The van der Waals surface area contributed by atoms with Crippen molar-refractivity contribution in [2.75, 3.05) is 13.1 Å². The molecule has 0 bridgehead atoms. The fraction of sp³-hybridized carbons (Fsp3) is 0.857. The van der Waals surface area contributed by atoms with Gasteiger partial charge in [-0.1, -0.05) is 0 Å². The molecule has 2 aliphatic heterocycles. The highest BCUT2D eigenvalue weighted by molar-refractivity contribution is 5.74. The third-order valence-corrected chi connectivity index (χ3v) is 2.52. The maximum atomic E-state index is 10.8. The summed E-state index contributed by atoms with van der Waals surface area (Å²) in [6.45, 7) is 5.27. The van der Waals surface area contributed by atoms with E-state index in [4.69, 9.17) is 0 Å². The second-order valence-corrected chi connectivity index (χ2v) is 3.42. The molecular weight excluding hydrogens is 142 g/mol. The Balaban J connectivity index is 1.84. The van der Waals surface area contributed by atoms with Crippen LogP contribution in [-0.4, -0.2) is 29.6 Å². The molecule has 0 aromatic rings. The summed E-state index contributed by atoms with van der Waals surface area (Å²) >= 11 is 0. The minimum Gasteiger partial charge on any atom is -0.342 e. The first kappa shape index (κ1) is 6.76. The van der Waals surface area contributed by atoms with Gasteiger partial charge in [0.1, 0.15) is 0 Å². The summed E-state index contributed by atoms with van der Waals surface area (Å²) in [5, 5.41) is 7.87. The molecule has 2 rings (SSSR count). The Bertz CT molecular complexity index is 224. The van der Waals surface area contributed by atoms with Gasteiger partial charge in [-0.25, -0.2) is 0 Å². The van der Waals surface area contributed by atoms with Crippen molar-refractivity contribution in [3.05, 3.63) is 0 Å². The van der Waals surface area contributed by atoms with Gasteiger partial charge in [-0.2, -0.15) is 10.2 Å². The Kier molecular flexibility index (Phi) is 1.11. The molecule has 0 N–H and O–H groups in total. The maximum absolute atomic E-state index is 10.8. The van der Waals surface area contributed by atoms with E-state index in [-0.39, 0.29) is 11.6 Å². The lowest BCUT2D eigenvalue weighted by atomic mass is 9.90. The number of carbonyl (C=O) groups is 1. The molecule has 4 heteroatoms. The highest BCUT2D eigenvalue weighted by Gasteiger charge is 2.49. The van der Waals surface area contributed by atoms with Crippen LogP contribution in [-0.2, 0) is 4.79 Å². The van der Waals surface area contributed by atoms with E-state index in [9.17, 15) is 4.79 Å². The second-order valence-electron chi connectivity index (χ2n) is 3.42. The van der Waals surface area contributed by atoms with Crippen LogP contribution in [0.1, 0.15) is 13.8 Å². The Labute approximate surface area is 65.3 Å². The molecule has 0 aliphatic carbocycles. The first-order valence-electron chi connectivity index (χ1n) is 3.81. The van der Waals surface area contributed by atoms with E-state index >= 15 is 0 Å². The van der Waals surface area contributed by atoms with Gasteiger partial charge in [-0.3, -0.25) is 4.79 Å². The van der Waals surface area contributed by atoms with E-state index in [0.29, 0.717) is 5.92 Å². The van der Waals surface area contributed by atoms with Crippen LogP contribution in [0.25, 0.3) is 0 Å². The van der Waals surface area contributed by atoms with E-state index < -0.39 is 0 Å². The number of hydrogen-bond donors (Lipinski definition) is 0. The second kappa shape index (κ2) is 1.81. The molecule has 60 valence electrons. The van der Waals surface area contributed by atoms with Crippen molar-refractivity contribution in [1.29, 1.82) is 0 Å². The van der Waals surface area contributed by atoms with Crippen molar-refractivity contribution in [2.45, 2.75) is 19.5 Å². The third-order valence-electron chi connectivity index (χ3n) is 2.52. The summed E-state index contributed by atoms with van der Waals surface area (Å²) in [5.74, 6) is 0.636. The molecule has 2 heterocycles. The summed E-state index contributed by atoms with van der Waals surface area (Å²) in [6.07, 6.45) is 0. The van der Waals surface area contributed by atoms with Crippen molar-refractivity contribution in [2.24, 2.45) is 16.1 Å². The van der Waals surface area contributed by atoms with Crippen LogP contribution < -0.4 is 0 Å². The summed E-state index contributed by atoms with van der Waals surface area (Å²) < 4.78 is 0. The predicted octanol–water partition coefficient (Wildman–Crippen LogP) is 0.647. The van der Waals surface area contributed by atoms with Crippen molar-refractivity contribution >= 4 is 5.91 Å². The minimum absolute atomic E-state index is 0.133. The molecule has 0 spiro atoms. The molecule has 0 aromatic heterocycles. The third kappa shape index (κ3) is 0.931. The molecule has 0 saturated carbocycles. The van der Waals surface area contributed by atoms with Gasteiger partial charge >= 0.3 is 0 Å². The van der Waals surface area contributed by atoms with Crippen LogP contribution in [0, 0.1) is 5.92 Å². The van der Waals surface area contributed by atoms with E-state index in [0.717, 1.165) is 13.1 Å². The Hall–Kier alpha value is -0.930. The highest BCUT2D eigenvalue weighted by atomic mass is 16.2. The zero-order valence-corrected chi connectivity index (χ0v) is 6.74. The average Bonchev–Trinajstić information content (AvgIpc) is 2.42. The van der Waals surface area contributed by atoms with Crippen LogP contribution in [0.4, 0.5) is 0 Å². The Morgan fingerprint density at radius 3 is 2.45 bits per heavy atom. The molecule has 1 saturated heterocycles. The fourth-order valence-electron chi connectivity index (χ4n) is 1.32. The summed E-state index contributed by atoms with van der Waals surface area (Å²) in [4.78, 5) is 12.6. The van der Waals surface area contributed by atoms with Crippen molar-refractivity contribution in [3.8, 4) is 0 Å². The number of carbonyl (C=O) groups excluding carboxylic acids is 1. The van der Waals surface area contributed by atoms with Crippen molar-refractivity contribution < 1.29 is 4.79 Å². The largest absolute Gasteiger partial charge is 0.342 e. The van der Waals surface area contributed by atoms with Crippen molar-refractivity contribution in [3.63, 3.8) is 0 Å². The van der Waals surface area contributed by atoms with Crippen molar-refractivity contribution in [1.82, 2.24) is 4.90 Å². The number of likely N-dealkylation sites (tertiary alicyclic amines) is 1. The van der Waals surface area contributed by atoms with Gasteiger partial charge in [0.15, 0.2) is 5.66 Å². The van der Waals surface area contributed by atoms with E-state index in [1.165, 1.54) is 0 Å². The standard InChI is InChI=1S/C7H11N3O/c1-5(11)10-3-6(4-10)7(2)8-9-7/h6H,3-4H2,1-2H3.